The van der Waals surface area contributed by atoms with Crippen LogP contribution in [0.25, 0.3) is 11.0 Å². The molecule has 0 saturated carbocycles. The van der Waals surface area contributed by atoms with Crippen molar-refractivity contribution in [2.75, 3.05) is 32.7 Å². The monoisotopic (exact) mass is 491 g/mol. The summed E-state index contributed by atoms with van der Waals surface area (Å²) in [5.41, 5.74) is 3.51. The molecule has 0 amide bonds. The summed E-state index contributed by atoms with van der Waals surface area (Å²) >= 11 is 5.68. The van der Waals surface area contributed by atoms with E-state index in [-0.39, 0.29) is 11.7 Å². The number of imidazole rings is 1. The predicted octanol–water partition coefficient (Wildman–Crippen LogP) is 4.39. The number of aryl methyl sites for hydroxylation is 1. The highest BCUT2D eigenvalue weighted by molar-refractivity contribution is 7.80. The number of benzene rings is 2. The van der Waals surface area contributed by atoms with Gasteiger partial charge in [-0.15, -0.1) is 0 Å². The highest BCUT2D eigenvalue weighted by atomic mass is 32.1. The number of hydrogen-bond donors (Lipinski definition) is 1. The number of likely N-dealkylation sites (tertiary alicyclic amines) is 2. The Morgan fingerprint density at radius 1 is 0.857 bits per heavy atom. The normalized spacial score (nSPS) is 17.7. The number of rotatable bonds is 7. The van der Waals surface area contributed by atoms with E-state index >= 15 is 0 Å². The van der Waals surface area contributed by atoms with E-state index in [1.807, 2.05) is 34.9 Å². The quantitative estimate of drug-likeness (QED) is 0.497. The second-order valence-corrected chi connectivity index (χ2v) is 10.3. The molecule has 7 heteroatoms. The zero-order valence-corrected chi connectivity index (χ0v) is 21.4. The number of aromatic nitrogens is 2. The molecule has 35 heavy (non-hydrogen) atoms. The zero-order chi connectivity index (χ0) is 24.0. The number of para-hydroxylation sites is 2. The van der Waals surface area contributed by atoms with E-state index in [1.165, 1.54) is 37.9 Å². The lowest BCUT2D eigenvalue weighted by Gasteiger charge is -2.34. The first-order valence-corrected chi connectivity index (χ1v) is 13.6. The van der Waals surface area contributed by atoms with Crippen LogP contribution in [-0.4, -0.2) is 56.8 Å². The fourth-order valence-corrected chi connectivity index (χ4v) is 5.90. The van der Waals surface area contributed by atoms with Crippen molar-refractivity contribution in [2.45, 2.75) is 57.7 Å². The summed E-state index contributed by atoms with van der Waals surface area (Å²) in [5, 5.41) is 4.20. The Morgan fingerprint density at radius 2 is 1.54 bits per heavy atom. The van der Waals surface area contributed by atoms with E-state index in [9.17, 15) is 4.79 Å². The minimum Gasteiger partial charge on any atom is -0.358 e. The van der Waals surface area contributed by atoms with Crippen LogP contribution in [0.1, 0.15) is 50.1 Å². The van der Waals surface area contributed by atoms with Crippen molar-refractivity contribution >= 4 is 28.4 Å². The molecule has 2 aromatic carbocycles. The van der Waals surface area contributed by atoms with Crippen LogP contribution >= 0.6 is 12.2 Å². The van der Waals surface area contributed by atoms with Gasteiger partial charge in [0.2, 0.25) is 0 Å². The summed E-state index contributed by atoms with van der Waals surface area (Å²) in [5.74, 6) is 0. The van der Waals surface area contributed by atoms with Gasteiger partial charge in [-0.05, 0) is 81.7 Å². The number of thiocarbonyl (C=S) groups is 1. The average molecular weight is 492 g/mol. The lowest BCUT2D eigenvalue weighted by molar-refractivity contribution is 0.222. The van der Waals surface area contributed by atoms with Gasteiger partial charge in [0, 0.05) is 32.2 Å². The summed E-state index contributed by atoms with van der Waals surface area (Å²) in [6.07, 6.45) is 6.85. The van der Waals surface area contributed by atoms with Gasteiger partial charge >= 0.3 is 5.69 Å². The van der Waals surface area contributed by atoms with Crippen LogP contribution in [0.3, 0.4) is 0 Å². The number of fused-ring (bicyclic) bond motifs is 1. The maximum atomic E-state index is 13.6. The Bertz CT molecular complexity index is 1170. The van der Waals surface area contributed by atoms with E-state index in [2.05, 4.69) is 43.9 Å². The van der Waals surface area contributed by atoms with Crippen LogP contribution in [0.2, 0.25) is 0 Å². The van der Waals surface area contributed by atoms with Gasteiger partial charge in [-0.1, -0.05) is 48.9 Å². The Balaban J connectivity index is 1.22. The summed E-state index contributed by atoms with van der Waals surface area (Å²) in [6.45, 7) is 6.75. The molecule has 2 aliphatic rings. The minimum absolute atomic E-state index is 0.146. The molecular weight excluding hydrogens is 454 g/mol. The molecule has 0 radical (unpaired) electrons. The summed E-state index contributed by atoms with van der Waals surface area (Å²) in [6, 6.07) is 18.9. The summed E-state index contributed by atoms with van der Waals surface area (Å²) in [4.78, 5) is 18.4. The number of piperidine rings is 2. The smallest absolute Gasteiger partial charge is 0.329 e. The topological polar surface area (TPSA) is 45.4 Å². The predicted molar refractivity (Wildman–Crippen MR) is 147 cm³/mol. The molecule has 1 N–H and O–H groups in total. The highest BCUT2D eigenvalue weighted by Crippen LogP contribution is 2.26. The fourth-order valence-electron chi connectivity index (χ4n) is 5.65. The molecule has 5 rings (SSSR count). The Hall–Kier alpha value is -2.64. The molecule has 186 valence electrons. The molecule has 0 atom stereocenters. The van der Waals surface area contributed by atoms with Crippen molar-refractivity contribution in [2.24, 2.45) is 0 Å². The molecular formula is C28H37N5OS. The van der Waals surface area contributed by atoms with Crippen LogP contribution in [0.5, 0.6) is 0 Å². The molecule has 6 nitrogen and oxygen atoms in total. The molecule has 0 spiro atoms. The van der Waals surface area contributed by atoms with Crippen molar-refractivity contribution in [3.05, 3.63) is 70.6 Å². The Kier molecular flexibility index (Phi) is 7.84. The number of nitrogens with zero attached hydrogens (tertiary/aromatic N) is 4. The second-order valence-electron chi connectivity index (χ2n) is 9.91. The van der Waals surface area contributed by atoms with Crippen LogP contribution in [0.15, 0.2) is 59.4 Å². The molecule has 3 heterocycles. The van der Waals surface area contributed by atoms with Gasteiger partial charge < -0.3 is 15.1 Å². The van der Waals surface area contributed by atoms with E-state index in [0.717, 1.165) is 68.1 Å². The summed E-state index contributed by atoms with van der Waals surface area (Å²) < 4.78 is 4.08. The molecule has 3 aromatic rings. The number of nitrogens with one attached hydrogen (secondary N) is 1. The van der Waals surface area contributed by atoms with E-state index in [0.29, 0.717) is 0 Å². The Morgan fingerprint density at radius 3 is 2.29 bits per heavy atom. The summed E-state index contributed by atoms with van der Waals surface area (Å²) in [7, 11) is 0. The largest absolute Gasteiger partial charge is 0.358 e. The van der Waals surface area contributed by atoms with Gasteiger partial charge in [-0.25, -0.2) is 4.79 Å². The molecule has 0 unspecified atom stereocenters. The second kappa shape index (κ2) is 11.4. The third-order valence-electron chi connectivity index (χ3n) is 7.58. The minimum atomic E-state index is 0.146. The van der Waals surface area contributed by atoms with Crippen molar-refractivity contribution < 1.29 is 0 Å². The van der Waals surface area contributed by atoms with Gasteiger partial charge in [0.15, 0.2) is 5.11 Å². The van der Waals surface area contributed by atoms with Gasteiger partial charge in [0.05, 0.1) is 11.0 Å². The molecule has 0 bridgehead atoms. The van der Waals surface area contributed by atoms with Crippen LogP contribution in [-0.2, 0) is 13.1 Å². The molecule has 2 saturated heterocycles. The van der Waals surface area contributed by atoms with Crippen LogP contribution < -0.4 is 11.0 Å². The SMILES string of the molecule is O=c1n(CCCN2CCCCC2)c2ccccc2n1C1CCN(C(=S)NCc2ccccc2)CC1. The molecule has 2 fully saturated rings. The molecule has 1 aromatic heterocycles. The first-order chi connectivity index (χ1) is 17.2. The average Bonchev–Trinajstić information content (AvgIpc) is 3.19. The van der Waals surface area contributed by atoms with Crippen molar-refractivity contribution in [3.63, 3.8) is 0 Å². The van der Waals surface area contributed by atoms with E-state index in [4.69, 9.17) is 12.2 Å². The van der Waals surface area contributed by atoms with Crippen molar-refractivity contribution in [1.82, 2.24) is 24.3 Å². The maximum absolute atomic E-state index is 13.6. The number of hydrogen-bond acceptors (Lipinski definition) is 3. The van der Waals surface area contributed by atoms with Gasteiger partial charge in [0.1, 0.15) is 0 Å². The fraction of sp³-hybridized carbons (Fsp3) is 0.500. The molecule has 2 aliphatic heterocycles. The van der Waals surface area contributed by atoms with Crippen LogP contribution in [0.4, 0.5) is 0 Å². The first kappa shape index (κ1) is 24.1. The lowest BCUT2D eigenvalue weighted by atomic mass is 10.0. The highest BCUT2D eigenvalue weighted by Gasteiger charge is 2.26. The standard InChI is InChI=1S/C28H37N5OS/c34-28-32(19-9-18-30-16-7-2-8-17-30)25-12-5-6-13-26(25)33(28)24-14-20-31(21-15-24)27(35)29-22-23-10-3-1-4-11-23/h1,3-6,10-13,24H,2,7-9,14-22H2,(H,29,35). The van der Waals surface area contributed by atoms with Gasteiger partial charge in [-0.3, -0.25) is 9.13 Å². The van der Waals surface area contributed by atoms with Crippen molar-refractivity contribution in [1.29, 1.82) is 0 Å². The van der Waals surface area contributed by atoms with Gasteiger partial charge in [-0.2, -0.15) is 0 Å². The van der Waals surface area contributed by atoms with Crippen molar-refractivity contribution in [3.8, 4) is 0 Å². The Labute approximate surface area is 213 Å². The molecule has 0 aliphatic carbocycles. The lowest BCUT2D eigenvalue weighted by Crippen LogP contribution is -2.45. The third-order valence-corrected chi connectivity index (χ3v) is 7.98. The van der Waals surface area contributed by atoms with Gasteiger partial charge in [0.25, 0.3) is 0 Å². The zero-order valence-electron chi connectivity index (χ0n) is 20.6. The van der Waals surface area contributed by atoms with E-state index in [1.54, 1.807) is 0 Å². The van der Waals surface area contributed by atoms with E-state index < -0.39 is 0 Å². The maximum Gasteiger partial charge on any atom is 0.329 e. The third kappa shape index (κ3) is 5.62. The first-order valence-electron chi connectivity index (χ1n) is 13.2. The van der Waals surface area contributed by atoms with Crippen LogP contribution in [0, 0.1) is 0 Å².